The molecule has 0 N–H and O–H groups in total. The van der Waals surface area contributed by atoms with E-state index in [1.807, 2.05) is 27.5 Å². The molecule has 2 aliphatic carbocycles. The molecule has 5 aromatic heterocycles. The van der Waals surface area contributed by atoms with E-state index in [1.54, 1.807) is 12.3 Å². The molecular formula is C57H93ClIN9O8Si4. The van der Waals surface area contributed by atoms with Crippen molar-refractivity contribution >= 4 is 101 Å². The summed E-state index contributed by atoms with van der Waals surface area (Å²) in [6.07, 6.45) is 12.3. The highest BCUT2D eigenvalue weighted by atomic mass is 127. The predicted molar refractivity (Wildman–Crippen MR) is 341 cm³/mol. The van der Waals surface area contributed by atoms with E-state index >= 15 is 0 Å². The van der Waals surface area contributed by atoms with Gasteiger partial charge in [0.15, 0.2) is 11.3 Å². The second-order valence-electron chi connectivity index (χ2n) is 26.6. The molecule has 2 saturated carbocycles. The number of pyridine rings is 1. The maximum atomic E-state index is 12.2. The van der Waals surface area contributed by atoms with E-state index in [1.165, 1.54) is 14.2 Å². The van der Waals surface area contributed by atoms with Crippen LogP contribution in [0, 0.1) is 15.4 Å². The Morgan fingerprint density at radius 2 is 0.938 bits per heavy atom. The van der Waals surface area contributed by atoms with Crippen molar-refractivity contribution in [2.45, 2.75) is 166 Å². The molecule has 0 bridgehead atoms. The molecule has 0 unspecified atom stereocenters. The molecule has 23 heteroatoms. The molecule has 444 valence electrons. The number of carbonyl (C=O) groups is 2. The van der Waals surface area contributed by atoms with Crippen molar-refractivity contribution in [3.05, 3.63) is 63.0 Å². The first kappa shape index (κ1) is 65.8. The van der Waals surface area contributed by atoms with Gasteiger partial charge in [0.2, 0.25) is 0 Å². The number of nitrogens with zero attached hydrogens (tertiary/aromatic N) is 9. The van der Waals surface area contributed by atoms with E-state index in [-0.39, 0.29) is 29.7 Å². The molecular weight excluding hydrogens is 1210 g/mol. The molecule has 0 spiro atoms. The molecule has 17 nitrogen and oxygen atoms in total. The normalized spacial score (nSPS) is 18.2. The van der Waals surface area contributed by atoms with Crippen LogP contribution in [0.15, 0.2) is 42.9 Å². The minimum atomic E-state index is -1.24. The summed E-state index contributed by atoms with van der Waals surface area (Å²) >= 11 is 8.40. The zero-order chi connectivity index (χ0) is 58.4. The fraction of sp³-hybridized carbons (Fsp3) is 0.667. The Balaban J connectivity index is 0.000000261. The highest BCUT2D eigenvalue weighted by Crippen LogP contribution is 2.40. The molecule has 0 aliphatic heterocycles. The van der Waals surface area contributed by atoms with Gasteiger partial charge in [-0.3, -0.25) is 9.59 Å². The van der Waals surface area contributed by atoms with Crippen molar-refractivity contribution in [3.63, 3.8) is 0 Å². The van der Waals surface area contributed by atoms with Gasteiger partial charge in [0, 0.05) is 111 Å². The Labute approximate surface area is 499 Å². The first-order valence-electron chi connectivity index (χ1n) is 28.7. The number of rotatable bonds is 27. The van der Waals surface area contributed by atoms with Gasteiger partial charge in [-0.25, -0.2) is 15.0 Å². The van der Waals surface area contributed by atoms with E-state index < -0.39 is 32.3 Å². The largest absolute Gasteiger partial charge is 0.469 e. The highest BCUT2D eigenvalue weighted by Gasteiger charge is 2.32. The molecule has 80 heavy (non-hydrogen) atoms. The first-order chi connectivity index (χ1) is 37.7. The van der Waals surface area contributed by atoms with Gasteiger partial charge in [-0.05, 0) is 110 Å². The Hall–Kier alpha value is -3.34. The van der Waals surface area contributed by atoms with Gasteiger partial charge in [0.1, 0.15) is 43.7 Å². The second-order valence-corrected chi connectivity index (χ2v) is 50.6. The minimum Gasteiger partial charge on any atom is -0.469 e. The van der Waals surface area contributed by atoms with Crippen molar-refractivity contribution < 1.29 is 38.0 Å². The van der Waals surface area contributed by atoms with Crippen LogP contribution in [-0.4, -0.2) is 146 Å². The van der Waals surface area contributed by atoms with Gasteiger partial charge >= 0.3 is 11.9 Å². The summed E-state index contributed by atoms with van der Waals surface area (Å²) < 4.78 is 39.7. The maximum Gasteiger partial charge on any atom is 0.308 e. The number of esters is 2. The Morgan fingerprint density at radius 1 is 0.562 bits per heavy atom. The number of methoxy groups -OCH3 is 2. The fourth-order valence-electron chi connectivity index (χ4n) is 9.65. The predicted octanol–water partition coefficient (Wildman–Crippen LogP) is 13.5. The number of ether oxygens (including phenoxy) is 6. The molecule has 0 atom stereocenters. The van der Waals surface area contributed by atoms with Crippen LogP contribution in [0.3, 0.4) is 0 Å². The van der Waals surface area contributed by atoms with Crippen molar-refractivity contribution in [1.29, 1.82) is 0 Å². The Morgan fingerprint density at radius 3 is 1.30 bits per heavy atom. The zero-order valence-corrected chi connectivity index (χ0v) is 57.5. The summed E-state index contributed by atoms with van der Waals surface area (Å²) in [5.41, 5.74) is 5.43. The number of aromatic nitrogens is 7. The molecule has 5 aromatic rings. The standard InChI is InChI=1S/C31H48ClN5O4Si2.C26H45IN4O4Si2/c1-39-31(38)24-10-8-23(9-11-24)27-18-29(37-30(35-27)26(20-34-37)25-12-13-28(32)33-19-25)36(21-40-14-16-42(2,3)4)22-41-15-17-43(5,6)7;1-33-26(32)21-10-8-20(9-11-21)23-16-24(31-25(29-23)22(27)17-28-31)30(18-34-12-14-36(2,3)4)19-35-13-15-37(5,6)7/h12-13,18-20,23-24H,8-11,14-17,21-22H2,1-7H3;16-17,20-21H,8-15,18-19H2,1-7H3. The van der Waals surface area contributed by atoms with E-state index in [2.05, 4.69) is 133 Å². The number of hydrogen-bond acceptors (Lipinski definition) is 15. The van der Waals surface area contributed by atoms with Gasteiger partial charge in [-0.2, -0.15) is 19.2 Å². The molecule has 0 aromatic carbocycles. The Bertz CT molecular complexity index is 2710. The fourth-order valence-corrected chi connectivity index (χ4v) is 13.3. The molecule has 2 aliphatic rings. The molecule has 7 rings (SSSR count). The van der Waals surface area contributed by atoms with Crippen LogP contribution in [0.5, 0.6) is 0 Å². The smallest absolute Gasteiger partial charge is 0.308 e. The van der Waals surface area contributed by atoms with E-state index in [0.717, 1.165) is 138 Å². The lowest BCUT2D eigenvalue weighted by Crippen LogP contribution is -2.33. The van der Waals surface area contributed by atoms with Crippen molar-refractivity contribution in [3.8, 4) is 11.1 Å². The van der Waals surface area contributed by atoms with Crippen LogP contribution >= 0.6 is 34.2 Å². The maximum absolute atomic E-state index is 12.2. The van der Waals surface area contributed by atoms with Gasteiger partial charge in [0.25, 0.3) is 0 Å². The van der Waals surface area contributed by atoms with Crippen LogP contribution in [0.2, 0.25) is 108 Å². The average Bonchev–Trinajstić information content (AvgIpc) is 4.19. The van der Waals surface area contributed by atoms with Crippen LogP contribution in [0.4, 0.5) is 11.6 Å². The third-order valence-electron chi connectivity index (χ3n) is 14.9. The monoisotopic (exact) mass is 1310 g/mol. The van der Waals surface area contributed by atoms with Crippen molar-refractivity contribution in [2.75, 3.05) is 77.4 Å². The van der Waals surface area contributed by atoms with Gasteiger partial charge < -0.3 is 38.2 Å². The molecule has 2 fully saturated rings. The topological polar surface area (TPSA) is 169 Å². The number of halogens is 2. The zero-order valence-electron chi connectivity index (χ0n) is 50.5. The number of hydrogen-bond donors (Lipinski definition) is 0. The summed E-state index contributed by atoms with van der Waals surface area (Å²) in [6.45, 7) is 32.9. The summed E-state index contributed by atoms with van der Waals surface area (Å²) in [7, 11) is -1.89. The van der Waals surface area contributed by atoms with Crippen molar-refractivity contribution in [2.24, 2.45) is 11.8 Å². The van der Waals surface area contributed by atoms with Crippen LogP contribution in [-0.2, 0) is 38.0 Å². The third-order valence-corrected chi connectivity index (χ3v) is 22.7. The van der Waals surface area contributed by atoms with Crippen LogP contribution < -0.4 is 9.80 Å². The third kappa shape index (κ3) is 20.5. The highest BCUT2D eigenvalue weighted by molar-refractivity contribution is 14.1. The summed E-state index contributed by atoms with van der Waals surface area (Å²) in [5.74, 6) is 2.08. The molecule has 0 saturated heterocycles. The van der Waals surface area contributed by atoms with E-state index in [9.17, 15) is 9.59 Å². The molecule has 5 heterocycles. The van der Waals surface area contributed by atoms with Crippen LogP contribution in [0.25, 0.3) is 22.4 Å². The Kier molecular flexibility index (Phi) is 24.6. The lowest BCUT2D eigenvalue weighted by Gasteiger charge is -2.29. The quantitative estimate of drug-likeness (QED) is 0.0121. The average molecular weight is 1310 g/mol. The van der Waals surface area contributed by atoms with Gasteiger partial charge in [0.05, 0.1) is 42.0 Å². The van der Waals surface area contributed by atoms with E-state index in [4.69, 9.17) is 55.1 Å². The molecule has 0 radical (unpaired) electrons. The lowest BCUT2D eigenvalue weighted by atomic mass is 9.80. The SMILES string of the molecule is COC(=O)C1CCC(c2cc(N(COCC[Si](C)(C)C)COCC[Si](C)(C)C)n3ncc(-c4ccc(Cl)nc4)c3n2)CC1.COC(=O)C1CCC(c2cc(N(COCC[Si](C)(C)C)COCC[Si](C)(C)C)n3ncc(I)c3n2)CC1. The molecule has 0 amide bonds. The van der Waals surface area contributed by atoms with Gasteiger partial charge in [-0.15, -0.1) is 0 Å². The summed E-state index contributed by atoms with van der Waals surface area (Å²) in [5, 5.41) is 9.89. The summed E-state index contributed by atoms with van der Waals surface area (Å²) in [4.78, 5) is 43.0. The minimum absolute atomic E-state index is 0.00409. The van der Waals surface area contributed by atoms with Gasteiger partial charge in [-0.1, -0.05) is 90.2 Å². The lowest BCUT2D eigenvalue weighted by molar-refractivity contribution is -0.147. The van der Waals surface area contributed by atoms with Crippen LogP contribution in [0.1, 0.15) is 74.6 Å². The number of fused-ring (bicyclic) bond motifs is 2. The van der Waals surface area contributed by atoms with E-state index in [0.29, 0.717) is 51.2 Å². The first-order valence-corrected chi connectivity index (χ1v) is 45.0. The number of anilines is 2. The number of carbonyl (C=O) groups excluding carboxylic acids is 2. The van der Waals surface area contributed by atoms with Crippen molar-refractivity contribution in [1.82, 2.24) is 34.2 Å². The summed E-state index contributed by atoms with van der Waals surface area (Å²) in [6, 6.07) is 12.4. The second kappa shape index (κ2) is 30.0.